The van der Waals surface area contributed by atoms with Gasteiger partial charge in [0.2, 0.25) is 0 Å². The fraction of sp³-hybridized carbons (Fsp3) is 0.917. The molecule has 15 heavy (non-hydrogen) atoms. The van der Waals surface area contributed by atoms with E-state index in [9.17, 15) is 9.90 Å². The third-order valence-corrected chi connectivity index (χ3v) is 4.48. The predicted molar refractivity (Wildman–Crippen MR) is 58.8 cm³/mol. The molecule has 2 rings (SSSR count). The first-order valence-corrected chi connectivity index (χ1v) is 5.99. The third-order valence-electron chi connectivity index (χ3n) is 4.48. The SMILES string of the molecule is CC1(C(C)(NC2CCCC2)C(=O)O)CC1. The average Bonchev–Trinajstić information content (AvgIpc) is 2.74. The molecule has 0 aromatic rings. The summed E-state index contributed by atoms with van der Waals surface area (Å²) in [6, 6.07) is 0.420. The van der Waals surface area contributed by atoms with Crippen molar-refractivity contribution < 1.29 is 9.90 Å². The van der Waals surface area contributed by atoms with Gasteiger partial charge in [0.05, 0.1) is 0 Å². The summed E-state index contributed by atoms with van der Waals surface area (Å²) in [5.41, 5.74) is -0.747. The van der Waals surface area contributed by atoms with Crippen LogP contribution in [0.15, 0.2) is 0 Å². The molecule has 2 fully saturated rings. The largest absolute Gasteiger partial charge is 0.480 e. The third kappa shape index (κ3) is 1.78. The van der Waals surface area contributed by atoms with Crippen molar-refractivity contribution in [1.29, 1.82) is 0 Å². The minimum absolute atomic E-state index is 0.0264. The average molecular weight is 211 g/mol. The zero-order chi connectivity index (χ0) is 11.1. The number of rotatable bonds is 4. The summed E-state index contributed by atoms with van der Waals surface area (Å²) in [6.45, 7) is 3.95. The first-order chi connectivity index (χ1) is 6.98. The van der Waals surface area contributed by atoms with Crippen molar-refractivity contribution in [2.75, 3.05) is 0 Å². The number of aliphatic carboxylic acids is 1. The van der Waals surface area contributed by atoms with E-state index >= 15 is 0 Å². The standard InChI is InChI=1S/C12H21NO2/c1-11(7-8-11)12(2,10(14)15)13-9-5-3-4-6-9/h9,13H,3-8H2,1-2H3,(H,14,15). The van der Waals surface area contributed by atoms with Gasteiger partial charge in [-0.05, 0) is 38.0 Å². The molecule has 0 saturated heterocycles. The number of hydrogen-bond donors (Lipinski definition) is 2. The summed E-state index contributed by atoms with van der Waals surface area (Å²) in [6.07, 6.45) is 6.83. The van der Waals surface area contributed by atoms with Crippen LogP contribution in [-0.2, 0) is 4.79 Å². The molecule has 0 heterocycles. The van der Waals surface area contributed by atoms with Gasteiger partial charge in [-0.3, -0.25) is 10.1 Å². The molecule has 2 N–H and O–H groups in total. The molecule has 0 bridgehead atoms. The molecule has 1 unspecified atom stereocenters. The molecule has 0 amide bonds. The summed E-state index contributed by atoms with van der Waals surface area (Å²) in [5.74, 6) is -0.686. The summed E-state index contributed by atoms with van der Waals surface area (Å²) >= 11 is 0. The van der Waals surface area contributed by atoms with E-state index in [2.05, 4.69) is 12.2 Å². The highest BCUT2D eigenvalue weighted by Gasteiger charge is 2.58. The zero-order valence-electron chi connectivity index (χ0n) is 9.68. The van der Waals surface area contributed by atoms with E-state index in [1.165, 1.54) is 12.8 Å². The normalized spacial score (nSPS) is 28.7. The number of carboxylic acids is 1. The maximum atomic E-state index is 11.4. The Bertz CT molecular complexity index is 267. The van der Waals surface area contributed by atoms with Crippen LogP contribution in [0.1, 0.15) is 52.4 Å². The first kappa shape index (κ1) is 10.9. The molecule has 0 aromatic carbocycles. The molecule has 2 aliphatic carbocycles. The molecular weight excluding hydrogens is 190 g/mol. The minimum atomic E-state index is -0.720. The van der Waals surface area contributed by atoms with Gasteiger partial charge in [-0.15, -0.1) is 0 Å². The maximum Gasteiger partial charge on any atom is 0.324 e. The summed E-state index contributed by atoms with van der Waals surface area (Å²) in [5, 5.41) is 12.8. The molecular formula is C12H21NO2. The highest BCUT2D eigenvalue weighted by atomic mass is 16.4. The molecule has 0 aromatic heterocycles. The van der Waals surface area contributed by atoms with E-state index in [0.29, 0.717) is 6.04 Å². The van der Waals surface area contributed by atoms with E-state index in [1.54, 1.807) is 0 Å². The van der Waals surface area contributed by atoms with E-state index in [1.807, 2.05) is 6.92 Å². The van der Waals surface area contributed by atoms with Gasteiger partial charge in [0.15, 0.2) is 0 Å². The lowest BCUT2D eigenvalue weighted by Crippen LogP contribution is -2.58. The van der Waals surface area contributed by atoms with Crippen LogP contribution in [-0.4, -0.2) is 22.7 Å². The Morgan fingerprint density at radius 1 is 1.40 bits per heavy atom. The van der Waals surface area contributed by atoms with Crippen LogP contribution in [0, 0.1) is 5.41 Å². The van der Waals surface area contributed by atoms with Crippen LogP contribution < -0.4 is 5.32 Å². The Kier molecular flexibility index (Phi) is 2.53. The molecule has 2 aliphatic rings. The fourth-order valence-electron chi connectivity index (χ4n) is 2.66. The lowest BCUT2D eigenvalue weighted by molar-refractivity contribution is -0.147. The van der Waals surface area contributed by atoms with Crippen molar-refractivity contribution >= 4 is 5.97 Å². The van der Waals surface area contributed by atoms with E-state index in [0.717, 1.165) is 25.7 Å². The Morgan fingerprint density at radius 2 is 1.93 bits per heavy atom. The van der Waals surface area contributed by atoms with Crippen LogP contribution in [0.3, 0.4) is 0 Å². The monoisotopic (exact) mass is 211 g/mol. The number of carboxylic acid groups (broad SMARTS) is 1. The highest BCUT2D eigenvalue weighted by molar-refractivity contribution is 5.80. The molecule has 3 nitrogen and oxygen atoms in total. The number of carbonyl (C=O) groups is 1. The van der Waals surface area contributed by atoms with Crippen molar-refractivity contribution in [3.05, 3.63) is 0 Å². The first-order valence-electron chi connectivity index (χ1n) is 5.99. The molecule has 0 spiro atoms. The highest BCUT2D eigenvalue weighted by Crippen LogP contribution is 2.54. The second kappa shape index (κ2) is 3.48. The van der Waals surface area contributed by atoms with Crippen molar-refractivity contribution in [1.82, 2.24) is 5.32 Å². The quantitative estimate of drug-likeness (QED) is 0.749. The Morgan fingerprint density at radius 3 is 2.33 bits per heavy atom. The topological polar surface area (TPSA) is 49.3 Å². The van der Waals surface area contributed by atoms with E-state index in [4.69, 9.17) is 0 Å². The molecule has 3 heteroatoms. The van der Waals surface area contributed by atoms with Crippen molar-refractivity contribution in [3.63, 3.8) is 0 Å². The summed E-state index contributed by atoms with van der Waals surface area (Å²) < 4.78 is 0. The molecule has 86 valence electrons. The number of nitrogens with one attached hydrogen (secondary N) is 1. The van der Waals surface area contributed by atoms with Crippen LogP contribution in [0.2, 0.25) is 0 Å². The van der Waals surface area contributed by atoms with Gasteiger partial charge in [-0.25, -0.2) is 0 Å². The maximum absolute atomic E-state index is 11.4. The number of hydrogen-bond acceptors (Lipinski definition) is 2. The van der Waals surface area contributed by atoms with Gasteiger partial charge in [-0.1, -0.05) is 19.8 Å². The van der Waals surface area contributed by atoms with Gasteiger partial charge in [0, 0.05) is 6.04 Å². The molecule has 0 radical (unpaired) electrons. The van der Waals surface area contributed by atoms with Gasteiger partial charge < -0.3 is 5.11 Å². The smallest absolute Gasteiger partial charge is 0.324 e. The zero-order valence-corrected chi connectivity index (χ0v) is 9.68. The molecule has 2 saturated carbocycles. The Hall–Kier alpha value is -0.570. The van der Waals surface area contributed by atoms with Crippen molar-refractivity contribution in [2.24, 2.45) is 5.41 Å². The lowest BCUT2D eigenvalue weighted by Gasteiger charge is -2.35. The van der Waals surface area contributed by atoms with Gasteiger partial charge in [0.1, 0.15) is 5.54 Å². The second-order valence-corrected chi connectivity index (χ2v) is 5.62. The van der Waals surface area contributed by atoms with Gasteiger partial charge in [-0.2, -0.15) is 0 Å². The van der Waals surface area contributed by atoms with Gasteiger partial charge in [0.25, 0.3) is 0 Å². The molecule has 1 atom stereocenters. The summed E-state index contributed by atoms with van der Waals surface area (Å²) in [7, 11) is 0. The van der Waals surface area contributed by atoms with Gasteiger partial charge >= 0.3 is 5.97 Å². The van der Waals surface area contributed by atoms with Crippen molar-refractivity contribution in [2.45, 2.75) is 64.0 Å². The van der Waals surface area contributed by atoms with E-state index in [-0.39, 0.29) is 5.41 Å². The van der Waals surface area contributed by atoms with E-state index < -0.39 is 11.5 Å². The lowest BCUT2D eigenvalue weighted by atomic mass is 9.83. The second-order valence-electron chi connectivity index (χ2n) is 5.62. The summed E-state index contributed by atoms with van der Waals surface area (Å²) in [4.78, 5) is 11.4. The van der Waals surface area contributed by atoms with Crippen LogP contribution in [0.25, 0.3) is 0 Å². The minimum Gasteiger partial charge on any atom is -0.480 e. The Balaban J connectivity index is 2.08. The van der Waals surface area contributed by atoms with Crippen molar-refractivity contribution in [3.8, 4) is 0 Å². The predicted octanol–water partition coefficient (Wildman–Crippen LogP) is 2.16. The van der Waals surface area contributed by atoms with Crippen LogP contribution >= 0.6 is 0 Å². The van der Waals surface area contributed by atoms with Crippen LogP contribution in [0.5, 0.6) is 0 Å². The molecule has 0 aliphatic heterocycles. The fourth-order valence-corrected chi connectivity index (χ4v) is 2.66. The Labute approximate surface area is 91.2 Å². The van der Waals surface area contributed by atoms with Crippen LogP contribution in [0.4, 0.5) is 0 Å².